The van der Waals surface area contributed by atoms with Crippen molar-refractivity contribution in [3.05, 3.63) is 60.2 Å². The van der Waals surface area contributed by atoms with E-state index in [4.69, 9.17) is 9.47 Å². The molecule has 0 bridgehead atoms. The molecule has 126 valence electrons. The topological polar surface area (TPSA) is 59.9 Å². The van der Waals surface area contributed by atoms with Gasteiger partial charge in [0, 0.05) is 0 Å². The minimum atomic E-state index is -0.324. The molecule has 0 saturated heterocycles. The van der Waals surface area contributed by atoms with Crippen LogP contribution < -0.4 is 14.9 Å². The predicted molar refractivity (Wildman–Crippen MR) is 94.4 cm³/mol. The first kappa shape index (κ1) is 17.5. The fraction of sp³-hybridized carbons (Fsp3) is 0.263. The predicted octanol–water partition coefficient (Wildman–Crippen LogP) is 3.25. The average molecular weight is 326 g/mol. The van der Waals surface area contributed by atoms with Crippen molar-refractivity contribution >= 4 is 11.6 Å². The molecule has 2 aromatic carbocycles. The maximum atomic E-state index is 12.0. The standard InChI is InChI=1S/C19H22N2O3/c1-14(2)19(15-9-5-4-6-10-15)21-20-18(22)13-24-17-12-8-7-11-16(17)23-3/h4-12,14H,13H2,1-3H3,(H,20,22). The summed E-state index contributed by atoms with van der Waals surface area (Å²) in [6.45, 7) is 3.93. The molecule has 0 aliphatic heterocycles. The fourth-order valence-electron chi connectivity index (χ4n) is 2.17. The Balaban J connectivity index is 1.98. The molecule has 2 rings (SSSR count). The second-order valence-electron chi connectivity index (χ2n) is 5.49. The summed E-state index contributed by atoms with van der Waals surface area (Å²) in [5, 5.41) is 4.25. The van der Waals surface area contributed by atoms with E-state index in [1.54, 1.807) is 19.2 Å². The van der Waals surface area contributed by atoms with E-state index in [2.05, 4.69) is 10.5 Å². The number of benzene rings is 2. The lowest BCUT2D eigenvalue weighted by atomic mass is 10.0. The summed E-state index contributed by atoms with van der Waals surface area (Å²) in [5.74, 6) is 0.963. The molecule has 0 saturated carbocycles. The van der Waals surface area contributed by atoms with Crippen LogP contribution in [0.15, 0.2) is 59.7 Å². The Morgan fingerprint density at radius 3 is 2.29 bits per heavy atom. The lowest BCUT2D eigenvalue weighted by molar-refractivity contribution is -0.123. The first-order chi connectivity index (χ1) is 11.6. The summed E-state index contributed by atoms with van der Waals surface area (Å²) in [6.07, 6.45) is 0. The van der Waals surface area contributed by atoms with Crippen LogP contribution in [0.3, 0.4) is 0 Å². The summed E-state index contributed by atoms with van der Waals surface area (Å²) in [6, 6.07) is 17.0. The van der Waals surface area contributed by atoms with Crippen LogP contribution in [0, 0.1) is 5.92 Å². The quantitative estimate of drug-likeness (QED) is 0.627. The van der Waals surface area contributed by atoms with Gasteiger partial charge in [-0.05, 0) is 23.6 Å². The van der Waals surface area contributed by atoms with Gasteiger partial charge in [0.1, 0.15) is 0 Å². The van der Waals surface area contributed by atoms with Gasteiger partial charge in [-0.25, -0.2) is 5.43 Å². The lowest BCUT2D eigenvalue weighted by Gasteiger charge is -2.12. The Labute approximate surface area is 142 Å². The number of hydrogen-bond donors (Lipinski definition) is 1. The number of methoxy groups -OCH3 is 1. The van der Waals surface area contributed by atoms with E-state index < -0.39 is 0 Å². The number of carbonyl (C=O) groups is 1. The Hall–Kier alpha value is -2.82. The number of hydrazone groups is 1. The van der Waals surface area contributed by atoms with Crippen molar-refractivity contribution < 1.29 is 14.3 Å². The van der Waals surface area contributed by atoms with Crippen LogP contribution >= 0.6 is 0 Å². The molecule has 24 heavy (non-hydrogen) atoms. The van der Waals surface area contributed by atoms with Crippen LogP contribution in [0.4, 0.5) is 0 Å². The van der Waals surface area contributed by atoms with Crippen molar-refractivity contribution in [3.63, 3.8) is 0 Å². The fourth-order valence-corrected chi connectivity index (χ4v) is 2.17. The summed E-state index contributed by atoms with van der Waals surface area (Å²) >= 11 is 0. The first-order valence-electron chi connectivity index (χ1n) is 7.79. The normalized spacial score (nSPS) is 11.2. The molecule has 1 amide bonds. The monoisotopic (exact) mass is 326 g/mol. The third-order valence-corrected chi connectivity index (χ3v) is 3.35. The minimum absolute atomic E-state index is 0.135. The number of amides is 1. The highest BCUT2D eigenvalue weighted by Crippen LogP contribution is 2.25. The molecule has 0 heterocycles. The highest BCUT2D eigenvalue weighted by atomic mass is 16.5. The number of para-hydroxylation sites is 2. The van der Waals surface area contributed by atoms with Crippen LogP contribution in [0.25, 0.3) is 0 Å². The maximum Gasteiger partial charge on any atom is 0.277 e. The summed E-state index contributed by atoms with van der Waals surface area (Å²) in [4.78, 5) is 12.0. The second kappa shape index (κ2) is 8.72. The van der Waals surface area contributed by atoms with E-state index in [0.717, 1.165) is 11.3 Å². The van der Waals surface area contributed by atoms with Crippen molar-refractivity contribution in [2.75, 3.05) is 13.7 Å². The van der Waals surface area contributed by atoms with Crippen LogP contribution in [-0.4, -0.2) is 25.3 Å². The molecule has 0 radical (unpaired) electrons. The highest BCUT2D eigenvalue weighted by Gasteiger charge is 2.10. The molecule has 0 spiro atoms. The van der Waals surface area contributed by atoms with Crippen molar-refractivity contribution in [1.82, 2.24) is 5.43 Å². The zero-order chi connectivity index (χ0) is 17.4. The number of ether oxygens (including phenoxy) is 2. The molecule has 0 aliphatic carbocycles. The van der Waals surface area contributed by atoms with Crippen LogP contribution in [-0.2, 0) is 4.79 Å². The van der Waals surface area contributed by atoms with Crippen molar-refractivity contribution in [2.45, 2.75) is 13.8 Å². The Bertz CT molecular complexity index is 697. The molecule has 1 N–H and O–H groups in total. The van der Waals surface area contributed by atoms with Crippen molar-refractivity contribution in [2.24, 2.45) is 11.0 Å². The molecule has 5 nitrogen and oxygen atoms in total. The minimum Gasteiger partial charge on any atom is -0.493 e. The number of nitrogens with zero attached hydrogens (tertiary/aromatic N) is 1. The summed E-state index contributed by atoms with van der Waals surface area (Å²) in [5.41, 5.74) is 4.36. The first-order valence-corrected chi connectivity index (χ1v) is 7.79. The molecule has 0 unspecified atom stereocenters. The van der Waals surface area contributed by atoms with Gasteiger partial charge >= 0.3 is 0 Å². The molecule has 2 aromatic rings. The number of nitrogens with one attached hydrogen (secondary N) is 1. The molecule has 5 heteroatoms. The van der Waals surface area contributed by atoms with E-state index in [9.17, 15) is 4.79 Å². The molecule has 0 aromatic heterocycles. The number of hydrogen-bond acceptors (Lipinski definition) is 4. The van der Waals surface area contributed by atoms with Crippen molar-refractivity contribution in [3.8, 4) is 11.5 Å². The van der Waals surface area contributed by atoms with E-state index >= 15 is 0 Å². The van der Waals surface area contributed by atoms with Gasteiger partial charge in [0.15, 0.2) is 18.1 Å². The van der Waals surface area contributed by atoms with E-state index in [-0.39, 0.29) is 18.4 Å². The zero-order valence-corrected chi connectivity index (χ0v) is 14.2. The molecular formula is C19H22N2O3. The van der Waals surface area contributed by atoms with Crippen LogP contribution in [0.5, 0.6) is 11.5 Å². The summed E-state index contributed by atoms with van der Waals surface area (Å²) in [7, 11) is 1.56. The van der Waals surface area contributed by atoms with Crippen LogP contribution in [0.2, 0.25) is 0 Å². The summed E-state index contributed by atoms with van der Waals surface area (Å²) < 4.78 is 10.7. The lowest BCUT2D eigenvalue weighted by Crippen LogP contribution is -2.27. The third kappa shape index (κ3) is 4.84. The molecule has 0 fully saturated rings. The van der Waals surface area contributed by atoms with Gasteiger partial charge in [-0.1, -0.05) is 56.3 Å². The number of rotatable bonds is 7. The van der Waals surface area contributed by atoms with Gasteiger partial charge in [-0.3, -0.25) is 4.79 Å². The van der Waals surface area contributed by atoms with Gasteiger partial charge in [-0.15, -0.1) is 0 Å². The van der Waals surface area contributed by atoms with Gasteiger partial charge in [0.25, 0.3) is 5.91 Å². The van der Waals surface area contributed by atoms with E-state index in [1.165, 1.54) is 0 Å². The van der Waals surface area contributed by atoms with Crippen molar-refractivity contribution in [1.29, 1.82) is 0 Å². The van der Waals surface area contributed by atoms with Gasteiger partial charge in [-0.2, -0.15) is 5.10 Å². The molecular weight excluding hydrogens is 304 g/mol. The third-order valence-electron chi connectivity index (χ3n) is 3.35. The SMILES string of the molecule is COc1ccccc1OCC(=O)NN=C(c1ccccc1)C(C)C. The number of carbonyl (C=O) groups excluding carboxylic acids is 1. The Morgan fingerprint density at radius 2 is 1.67 bits per heavy atom. The molecule has 0 aliphatic rings. The van der Waals surface area contributed by atoms with Gasteiger partial charge < -0.3 is 9.47 Å². The van der Waals surface area contributed by atoms with Crippen LogP contribution in [0.1, 0.15) is 19.4 Å². The Morgan fingerprint density at radius 1 is 1.04 bits per heavy atom. The largest absolute Gasteiger partial charge is 0.493 e. The average Bonchev–Trinajstić information content (AvgIpc) is 2.61. The highest BCUT2D eigenvalue weighted by molar-refractivity contribution is 6.02. The van der Waals surface area contributed by atoms with Gasteiger partial charge in [0.05, 0.1) is 12.8 Å². The maximum absolute atomic E-state index is 12.0. The van der Waals surface area contributed by atoms with Gasteiger partial charge in [0.2, 0.25) is 0 Å². The van der Waals surface area contributed by atoms with E-state index in [1.807, 2.05) is 56.3 Å². The van der Waals surface area contributed by atoms with E-state index in [0.29, 0.717) is 11.5 Å². The second-order valence-corrected chi connectivity index (χ2v) is 5.49. The Kier molecular flexibility index (Phi) is 6.37. The smallest absolute Gasteiger partial charge is 0.277 e. The zero-order valence-electron chi connectivity index (χ0n) is 14.2. The molecule has 0 atom stereocenters.